The zero-order chi connectivity index (χ0) is 10.9. The fourth-order valence-corrected chi connectivity index (χ4v) is 1.68. The number of hydrogen-bond donors (Lipinski definition) is 1. The summed E-state index contributed by atoms with van der Waals surface area (Å²) in [5, 5.41) is 1.21. The normalized spacial score (nSPS) is 12.2. The van der Waals surface area contributed by atoms with Gasteiger partial charge in [0.2, 0.25) is 0 Å². The second-order valence-corrected chi connectivity index (χ2v) is 4.75. The summed E-state index contributed by atoms with van der Waals surface area (Å²) in [6, 6.07) is 8.11. The third-order valence-electron chi connectivity index (χ3n) is 2.60. The van der Waals surface area contributed by atoms with E-state index in [1.807, 2.05) is 24.5 Å². The maximum atomic E-state index is 5.97. The van der Waals surface area contributed by atoms with Crippen LogP contribution in [-0.4, -0.2) is 5.54 Å². The van der Waals surface area contributed by atoms with E-state index in [0.717, 1.165) is 18.4 Å². The first-order valence-electron chi connectivity index (χ1n) is 5.30. The van der Waals surface area contributed by atoms with E-state index in [0.29, 0.717) is 0 Å². The van der Waals surface area contributed by atoms with Crippen LogP contribution in [0.15, 0.2) is 34.9 Å². The highest BCUT2D eigenvalue weighted by atomic mass is 16.3. The summed E-state index contributed by atoms with van der Waals surface area (Å²) in [4.78, 5) is 0. The highest BCUT2D eigenvalue weighted by molar-refractivity contribution is 5.80. The van der Waals surface area contributed by atoms with Gasteiger partial charge in [-0.25, -0.2) is 0 Å². The highest BCUT2D eigenvalue weighted by Crippen LogP contribution is 2.23. The van der Waals surface area contributed by atoms with Gasteiger partial charge >= 0.3 is 0 Å². The predicted molar refractivity (Wildman–Crippen MR) is 62.8 cm³/mol. The SMILES string of the molecule is CC(C)(N)CCc1coc2ccccc12. The maximum absolute atomic E-state index is 5.97. The van der Waals surface area contributed by atoms with E-state index >= 15 is 0 Å². The molecular formula is C13H17NO. The van der Waals surface area contributed by atoms with Gasteiger partial charge in [0.05, 0.1) is 6.26 Å². The fraction of sp³-hybridized carbons (Fsp3) is 0.385. The Morgan fingerprint density at radius 1 is 1.27 bits per heavy atom. The van der Waals surface area contributed by atoms with Gasteiger partial charge in [-0.05, 0) is 38.3 Å². The number of benzene rings is 1. The van der Waals surface area contributed by atoms with Crippen LogP contribution in [-0.2, 0) is 6.42 Å². The van der Waals surface area contributed by atoms with E-state index in [1.165, 1.54) is 10.9 Å². The summed E-state index contributed by atoms with van der Waals surface area (Å²) < 4.78 is 5.47. The lowest BCUT2D eigenvalue weighted by molar-refractivity contribution is 0.475. The van der Waals surface area contributed by atoms with Gasteiger partial charge in [0.25, 0.3) is 0 Å². The van der Waals surface area contributed by atoms with Crippen molar-refractivity contribution < 1.29 is 4.42 Å². The molecule has 1 heterocycles. The summed E-state index contributed by atoms with van der Waals surface area (Å²) >= 11 is 0. The van der Waals surface area contributed by atoms with Crippen LogP contribution in [0.4, 0.5) is 0 Å². The smallest absolute Gasteiger partial charge is 0.134 e. The Hall–Kier alpha value is -1.28. The van der Waals surface area contributed by atoms with Crippen molar-refractivity contribution in [3.05, 3.63) is 36.1 Å². The second-order valence-electron chi connectivity index (χ2n) is 4.75. The van der Waals surface area contributed by atoms with Gasteiger partial charge in [-0.1, -0.05) is 18.2 Å². The first-order chi connectivity index (χ1) is 7.06. The number of aryl methyl sites for hydroxylation is 1. The Labute approximate surface area is 90.1 Å². The minimum atomic E-state index is -0.113. The Morgan fingerprint density at radius 3 is 2.73 bits per heavy atom. The molecular weight excluding hydrogens is 186 g/mol. The van der Waals surface area contributed by atoms with Crippen LogP contribution < -0.4 is 5.73 Å². The van der Waals surface area contributed by atoms with Crippen molar-refractivity contribution in [3.8, 4) is 0 Å². The molecule has 15 heavy (non-hydrogen) atoms. The summed E-state index contributed by atoms with van der Waals surface area (Å²) in [6.07, 6.45) is 3.79. The van der Waals surface area contributed by atoms with E-state index in [9.17, 15) is 0 Å². The molecule has 2 N–H and O–H groups in total. The molecule has 80 valence electrons. The van der Waals surface area contributed by atoms with Gasteiger partial charge in [0.15, 0.2) is 0 Å². The van der Waals surface area contributed by atoms with Gasteiger partial charge in [0.1, 0.15) is 5.58 Å². The van der Waals surface area contributed by atoms with Crippen molar-refractivity contribution in [1.29, 1.82) is 0 Å². The van der Waals surface area contributed by atoms with Crippen LogP contribution in [0.3, 0.4) is 0 Å². The Morgan fingerprint density at radius 2 is 2.00 bits per heavy atom. The zero-order valence-electron chi connectivity index (χ0n) is 9.29. The third-order valence-corrected chi connectivity index (χ3v) is 2.60. The fourth-order valence-electron chi connectivity index (χ4n) is 1.68. The van der Waals surface area contributed by atoms with Crippen molar-refractivity contribution in [2.24, 2.45) is 5.73 Å². The Balaban J connectivity index is 2.22. The standard InChI is InChI=1S/C13H17NO/c1-13(2,14)8-7-10-9-15-12-6-4-3-5-11(10)12/h3-6,9H,7-8,14H2,1-2H3. The molecule has 0 radical (unpaired) electrons. The van der Waals surface area contributed by atoms with Crippen LogP contribution >= 0.6 is 0 Å². The molecule has 0 saturated heterocycles. The first-order valence-corrected chi connectivity index (χ1v) is 5.30. The molecule has 2 aromatic rings. The lowest BCUT2D eigenvalue weighted by Crippen LogP contribution is -2.32. The van der Waals surface area contributed by atoms with Crippen LogP contribution in [0.1, 0.15) is 25.8 Å². The number of nitrogens with two attached hydrogens (primary N) is 1. The molecule has 2 heteroatoms. The predicted octanol–water partition coefficient (Wildman–Crippen LogP) is 3.10. The molecule has 0 fully saturated rings. The monoisotopic (exact) mass is 203 g/mol. The van der Waals surface area contributed by atoms with Gasteiger partial charge in [-0.15, -0.1) is 0 Å². The molecule has 1 aromatic carbocycles. The third kappa shape index (κ3) is 2.39. The summed E-state index contributed by atoms with van der Waals surface area (Å²) in [5.74, 6) is 0. The van der Waals surface area contributed by atoms with Crippen molar-refractivity contribution in [2.75, 3.05) is 0 Å². The van der Waals surface area contributed by atoms with E-state index in [1.54, 1.807) is 0 Å². The van der Waals surface area contributed by atoms with Gasteiger partial charge in [-0.2, -0.15) is 0 Å². The van der Waals surface area contributed by atoms with Crippen molar-refractivity contribution in [3.63, 3.8) is 0 Å². The van der Waals surface area contributed by atoms with E-state index in [2.05, 4.69) is 19.9 Å². The molecule has 2 nitrogen and oxygen atoms in total. The van der Waals surface area contributed by atoms with Crippen LogP contribution in [0.2, 0.25) is 0 Å². The lowest BCUT2D eigenvalue weighted by Gasteiger charge is -2.17. The Bertz CT molecular complexity index is 451. The van der Waals surface area contributed by atoms with Gasteiger partial charge in [-0.3, -0.25) is 0 Å². The van der Waals surface area contributed by atoms with Crippen LogP contribution in [0.25, 0.3) is 11.0 Å². The van der Waals surface area contributed by atoms with E-state index < -0.39 is 0 Å². The first kappa shape index (κ1) is 10.2. The quantitative estimate of drug-likeness (QED) is 0.832. The number of fused-ring (bicyclic) bond motifs is 1. The molecule has 0 aliphatic carbocycles. The lowest BCUT2D eigenvalue weighted by atomic mass is 9.96. The number of hydrogen-bond acceptors (Lipinski definition) is 2. The van der Waals surface area contributed by atoms with E-state index in [4.69, 9.17) is 10.2 Å². The van der Waals surface area contributed by atoms with Crippen LogP contribution in [0.5, 0.6) is 0 Å². The van der Waals surface area contributed by atoms with Gasteiger partial charge < -0.3 is 10.2 Å². The largest absolute Gasteiger partial charge is 0.464 e. The molecule has 0 aliphatic rings. The topological polar surface area (TPSA) is 39.2 Å². The summed E-state index contributed by atoms with van der Waals surface area (Å²) in [5.41, 5.74) is 8.07. The molecule has 0 amide bonds. The molecule has 0 spiro atoms. The molecule has 0 bridgehead atoms. The molecule has 0 saturated carbocycles. The van der Waals surface area contributed by atoms with Crippen molar-refractivity contribution in [1.82, 2.24) is 0 Å². The molecule has 0 unspecified atom stereocenters. The van der Waals surface area contributed by atoms with Crippen molar-refractivity contribution >= 4 is 11.0 Å². The number of furan rings is 1. The van der Waals surface area contributed by atoms with Crippen molar-refractivity contribution in [2.45, 2.75) is 32.2 Å². The van der Waals surface area contributed by atoms with E-state index in [-0.39, 0.29) is 5.54 Å². The Kier molecular flexibility index (Phi) is 2.53. The molecule has 0 atom stereocenters. The molecule has 2 rings (SSSR count). The van der Waals surface area contributed by atoms with Crippen LogP contribution in [0, 0.1) is 0 Å². The second kappa shape index (κ2) is 3.70. The average molecular weight is 203 g/mol. The molecule has 0 aliphatic heterocycles. The highest BCUT2D eigenvalue weighted by Gasteiger charge is 2.12. The minimum absolute atomic E-state index is 0.113. The minimum Gasteiger partial charge on any atom is -0.464 e. The summed E-state index contributed by atoms with van der Waals surface area (Å²) in [7, 11) is 0. The number of para-hydroxylation sites is 1. The number of rotatable bonds is 3. The maximum Gasteiger partial charge on any atom is 0.134 e. The van der Waals surface area contributed by atoms with Gasteiger partial charge in [0, 0.05) is 10.9 Å². The average Bonchev–Trinajstić information content (AvgIpc) is 2.57. The summed E-state index contributed by atoms with van der Waals surface area (Å²) in [6.45, 7) is 4.10. The molecule has 1 aromatic heterocycles. The zero-order valence-corrected chi connectivity index (χ0v) is 9.29.